The molecule has 0 aliphatic carbocycles. The largest absolute Gasteiger partial charge is 0.424 e. The van der Waals surface area contributed by atoms with E-state index < -0.39 is 29.7 Å². The molecule has 0 bridgehead atoms. The predicted molar refractivity (Wildman–Crippen MR) is 108 cm³/mol. The number of carbonyl (C=O) groups is 4. The number of ether oxygens (including phenoxy) is 1. The number of rotatable bonds is 5. The first-order valence-electron chi connectivity index (χ1n) is 9.27. The number of amides is 3. The van der Waals surface area contributed by atoms with Gasteiger partial charge in [0, 0.05) is 36.9 Å². The van der Waals surface area contributed by atoms with Crippen LogP contribution in [0.3, 0.4) is 0 Å². The van der Waals surface area contributed by atoms with E-state index in [9.17, 15) is 19.2 Å². The van der Waals surface area contributed by atoms with Crippen LogP contribution in [0.15, 0.2) is 52.6 Å². The molecule has 3 amide bonds. The van der Waals surface area contributed by atoms with Crippen LogP contribution >= 0.6 is 0 Å². The van der Waals surface area contributed by atoms with E-state index in [-0.39, 0.29) is 18.1 Å². The second-order valence-electron chi connectivity index (χ2n) is 6.66. The van der Waals surface area contributed by atoms with E-state index in [4.69, 9.17) is 9.15 Å². The summed E-state index contributed by atoms with van der Waals surface area (Å²) in [4.78, 5) is 50.0. The monoisotopic (exact) mass is 411 g/mol. The molecule has 0 radical (unpaired) electrons. The van der Waals surface area contributed by atoms with Gasteiger partial charge in [0.1, 0.15) is 11.4 Å². The highest BCUT2D eigenvalue weighted by Gasteiger charge is 2.35. The zero-order valence-corrected chi connectivity index (χ0v) is 16.7. The molecule has 30 heavy (non-hydrogen) atoms. The molecule has 0 unspecified atom stereocenters. The van der Waals surface area contributed by atoms with Gasteiger partial charge in [-0.05, 0) is 6.92 Å². The number of nitrogens with zero attached hydrogens (tertiary/aromatic N) is 1. The minimum absolute atomic E-state index is 0.0875. The second-order valence-corrected chi connectivity index (χ2v) is 6.66. The van der Waals surface area contributed by atoms with Crippen molar-refractivity contribution >= 4 is 29.4 Å². The number of nitrogens with one attached hydrogen (secondary N) is 2. The molecular weight excluding hydrogens is 390 g/mol. The third kappa shape index (κ3) is 4.40. The van der Waals surface area contributed by atoms with Crippen molar-refractivity contribution in [3.8, 4) is 17.3 Å². The van der Waals surface area contributed by atoms with Crippen LogP contribution in [0, 0.1) is 0 Å². The highest BCUT2D eigenvalue weighted by atomic mass is 16.6. The first kappa shape index (κ1) is 20.8. The summed E-state index contributed by atoms with van der Waals surface area (Å²) in [5.74, 6) is -1.43. The molecule has 1 aromatic carbocycles. The molecule has 1 aromatic heterocycles. The van der Waals surface area contributed by atoms with E-state index >= 15 is 0 Å². The van der Waals surface area contributed by atoms with Crippen molar-refractivity contribution in [3.63, 3.8) is 0 Å². The van der Waals surface area contributed by atoms with Crippen LogP contribution in [0.1, 0.15) is 20.3 Å². The Bertz CT molecular complexity index is 1020. The zero-order chi connectivity index (χ0) is 21.8. The predicted octanol–water partition coefficient (Wildman–Crippen LogP) is 2.70. The summed E-state index contributed by atoms with van der Waals surface area (Å²) in [6, 6.07) is 8.36. The Morgan fingerprint density at radius 1 is 1.20 bits per heavy atom. The Hall–Kier alpha value is -3.88. The van der Waals surface area contributed by atoms with Gasteiger partial charge in [-0.1, -0.05) is 37.3 Å². The maximum Gasteiger partial charge on any atom is 0.320 e. The highest BCUT2D eigenvalue weighted by Crippen LogP contribution is 2.35. The lowest BCUT2D eigenvalue weighted by molar-refractivity contribution is -0.136. The Morgan fingerprint density at radius 3 is 2.57 bits per heavy atom. The fourth-order valence-electron chi connectivity index (χ4n) is 2.84. The van der Waals surface area contributed by atoms with Gasteiger partial charge in [-0.25, -0.2) is 4.79 Å². The maximum absolute atomic E-state index is 12.5. The fourth-order valence-corrected chi connectivity index (χ4v) is 2.84. The summed E-state index contributed by atoms with van der Waals surface area (Å²) in [7, 11) is 1.50. The first-order chi connectivity index (χ1) is 14.3. The van der Waals surface area contributed by atoms with Crippen molar-refractivity contribution in [2.45, 2.75) is 26.3 Å². The molecule has 156 valence electrons. The van der Waals surface area contributed by atoms with Crippen LogP contribution in [-0.2, 0) is 14.4 Å². The van der Waals surface area contributed by atoms with Gasteiger partial charge < -0.3 is 24.7 Å². The lowest BCUT2D eigenvalue weighted by atomic mass is 10.0. The maximum atomic E-state index is 12.5. The topological polar surface area (TPSA) is 118 Å². The first-order valence-corrected chi connectivity index (χ1v) is 9.27. The Kier molecular flexibility index (Phi) is 6.01. The van der Waals surface area contributed by atoms with Crippen molar-refractivity contribution in [3.05, 3.63) is 48.2 Å². The normalized spacial score (nSPS) is 16.2. The van der Waals surface area contributed by atoms with Crippen molar-refractivity contribution in [2.24, 2.45) is 0 Å². The number of likely N-dealkylation sites (N-methyl/N-ethyl adjacent to an activating group) is 1. The van der Waals surface area contributed by atoms with E-state index in [1.165, 1.54) is 24.2 Å². The Labute approximate surface area is 172 Å². The molecule has 0 saturated carbocycles. The summed E-state index contributed by atoms with van der Waals surface area (Å²) in [5, 5.41) is 4.84. The van der Waals surface area contributed by atoms with E-state index in [1.807, 2.05) is 18.2 Å². The minimum Gasteiger partial charge on any atom is -0.424 e. The number of benzene rings is 1. The van der Waals surface area contributed by atoms with Crippen molar-refractivity contribution < 1.29 is 28.3 Å². The van der Waals surface area contributed by atoms with Gasteiger partial charge in [-0.15, -0.1) is 0 Å². The second kappa shape index (κ2) is 8.64. The van der Waals surface area contributed by atoms with Crippen molar-refractivity contribution in [1.82, 2.24) is 10.2 Å². The number of hydrogen-bond acceptors (Lipinski definition) is 6. The van der Waals surface area contributed by atoms with Crippen LogP contribution < -0.4 is 15.4 Å². The minimum atomic E-state index is -1.35. The molecule has 0 spiro atoms. The zero-order valence-electron chi connectivity index (χ0n) is 16.7. The van der Waals surface area contributed by atoms with Crippen LogP contribution in [-0.4, -0.2) is 41.7 Å². The smallest absolute Gasteiger partial charge is 0.320 e. The fraction of sp³-hybridized carbons (Fsp3) is 0.238. The molecule has 3 rings (SSSR count). The van der Waals surface area contributed by atoms with Gasteiger partial charge in [0.25, 0.3) is 5.91 Å². The lowest BCUT2D eigenvalue weighted by Gasteiger charge is -2.26. The number of anilines is 1. The quantitative estimate of drug-likeness (QED) is 0.577. The Balaban J connectivity index is 1.82. The summed E-state index contributed by atoms with van der Waals surface area (Å²) in [6.45, 7) is 3.18. The summed E-state index contributed by atoms with van der Waals surface area (Å²) in [6.07, 6.45) is 1.52. The summed E-state index contributed by atoms with van der Waals surface area (Å²) in [5.41, 5.74) is 1.14. The molecule has 9 nitrogen and oxygen atoms in total. The van der Waals surface area contributed by atoms with Crippen LogP contribution in [0.2, 0.25) is 0 Å². The van der Waals surface area contributed by atoms with Gasteiger partial charge in [-0.2, -0.15) is 0 Å². The molecule has 0 fully saturated rings. The molecule has 2 heterocycles. The molecule has 1 aliphatic rings. The van der Waals surface area contributed by atoms with Gasteiger partial charge in [0.15, 0.2) is 11.8 Å². The highest BCUT2D eigenvalue weighted by molar-refractivity contribution is 6.17. The number of hydrogen-bond donors (Lipinski definition) is 2. The van der Waals surface area contributed by atoms with Crippen LogP contribution in [0.5, 0.6) is 5.95 Å². The number of Topliss-reactive ketones (excluding diaryl/α,β-unsaturated/α-hetero) is 1. The van der Waals surface area contributed by atoms with Gasteiger partial charge in [0.05, 0.1) is 0 Å². The third-order valence-corrected chi connectivity index (χ3v) is 4.41. The van der Waals surface area contributed by atoms with Gasteiger partial charge in [0.2, 0.25) is 0 Å². The van der Waals surface area contributed by atoms with E-state index in [2.05, 4.69) is 10.6 Å². The van der Waals surface area contributed by atoms with E-state index in [1.54, 1.807) is 26.0 Å². The molecule has 1 aliphatic heterocycles. The molecule has 2 aromatic rings. The number of furan rings is 1. The number of urea groups is 1. The van der Waals surface area contributed by atoms with Gasteiger partial charge in [-0.3, -0.25) is 14.4 Å². The van der Waals surface area contributed by atoms with E-state index in [0.29, 0.717) is 16.9 Å². The van der Waals surface area contributed by atoms with E-state index in [0.717, 1.165) is 0 Å². The molecule has 1 atom stereocenters. The average Bonchev–Trinajstić information content (AvgIpc) is 3.12. The van der Waals surface area contributed by atoms with Crippen LogP contribution in [0.25, 0.3) is 11.3 Å². The average molecular weight is 411 g/mol. The number of esters is 1. The molecule has 0 saturated heterocycles. The Morgan fingerprint density at radius 2 is 1.90 bits per heavy atom. The summed E-state index contributed by atoms with van der Waals surface area (Å²) >= 11 is 0. The van der Waals surface area contributed by atoms with Crippen molar-refractivity contribution in [2.75, 3.05) is 12.4 Å². The lowest BCUT2D eigenvalue weighted by Crippen LogP contribution is -2.54. The molecule has 2 N–H and O–H groups in total. The summed E-state index contributed by atoms with van der Waals surface area (Å²) < 4.78 is 10.8. The third-order valence-electron chi connectivity index (χ3n) is 4.41. The number of carbonyl (C=O) groups excluding carboxylic acids is 4. The van der Waals surface area contributed by atoms with Crippen molar-refractivity contribution in [1.29, 1.82) is 0 Å². The standard InChI is InChI=1S/C21H21N3O6/c1-4-16(25)30-20-14(10-15(29-20)13-8-6-5-7-9-13)22-21(28)23-17-18(26)12(2)11-24(3)19(17)27/h5-11,17H,4H2,1-3H3,(H2,22,23,28)/t17-/m0/s1. The number of ketones is 1. The SMILES string of the molecule is CCC(=O)Oc1oc(-c2ccccc2)cc1NC(=O)N[C@H]1C(=O)C(C)=CN(C)C1=O. The van der Waals surface area contributed by atoms with Crippen LogP contribution in [0.4, 0.5) is 10.5 Å². The molecular formula is C21H21N3O6. The van der Waals surface area contributed by atoms with Gasteiger partial charge >= 0.3 is 17.9 Å². The molecule has 9 heteroatoms.